The molecule has 2 aromatic rings. The van der Waals surface area contributed by atoms with Gasteiger partial charge in [-0.2, -0.15) is 0 Å². The summed E-state index contributed by atoms with van der Waals surface area (Å²) in [6.07, 6.45) is 1.53. The monoisotopic (exact) mass is 412 g/mol. The van der Waals surface area contributed by atoms with Crippen molar-refractivity contribution in [3.63, 3.8) is 0 Å². The van der Waals surface area contributed by atoms with E-state index >= 15 is 0 Å². The topological polar surface area (TPSA) is 119 Å². The summed E-state index contributed by atoms with van der Waals surface area (Å²) in [5.74, 6) is 0.456. The van der Waals surface area contributed by atoms with Gasteiger partial charge in [0.15, 0.2) is 23.8 Å². The number of amides is 1. The lowest BCUT2D eigenvalue weighted by Crippen LogP contribution is -2.20. The molecule has 1 heterocycles. The summed E-state index contributed by atoms with van der Waals surface area (Å²) >= 11 is 0. The molecule has 0 fully saturated rings. The Morgan fingerprint density at radius 3 is 2.23 bits per heavy atom. The molecule has 1 aliphatic rings. The number of primary amides is 1. The van der Waals surface area contributed by atoms with Gasteiger partial charge in [-0.25, -0.2) is 9.79 Å². The molecule has 0 spiro atoms. The molecule has 1 amide bonds. The number of benzene rings is 2. The van der Waals surface area contributed by atoms with Crippen LogP contribution in [0.1, 0.15) is 11.1 Å². The minimum Gasteiger partial charge on any atom is -0.497 e. The minimum absolute atomic E-state index is 0.107. The summed E-state index contributed by atoms with van der Waals surface area (Å²) in [7, 11) is 4.44. The molecule has 0 unspecified atom stereocenters. The Labute approximate surface area is 172 Å². The third kappa shape index (κ3) is 4.52. The lowest BCUT2D eigenvalue weighted by molar-refractivity contribution is -0.130. The van der Waals surface area contributed by atoms with E-state index in [4.69, 9.17) is 29.4 Å². The molecule has 9 heteroatoms. The summed E-state index contributed by atoms with van der Waals surface area (Å²) in [5, 5.41) is 0. The van der Waals surface area contributed by atoms with E-state index in [0.29, 0.717) is 28.4 Å². The van der Waals surface area contributed by atoms with Gasteiger partial charge in [0.05, 0.1) is 21.3 Å². The molecule has 0 bridgehead atoms. The first-order chi connectivity index (χ1) is 14.4. The van der Waals surface area contributed by atoms with Crippen LogP contribution < -0.4 is 24.7 Å². The first kappa shape index (κ1) is 20.7. The number of ether oxygens (including phenoxy) is 5. The zero-order valence-electron chi connectivity index (χ0n) is 16.6. The standard InChI is InChI=1S/C21H20N2O7/c1-26-14-6-4-13(5-7-14)20-23-15(21(25)30-20)8-12-9-16(27-2)19(17(10-12)28-3)29-11-18(22)24/h4-10H,11H2,1-3H3,(H2,22,24). The molecule has 9 nitrogen and oxygen atoms in total. The highest BCUT2D eigenvalue weighted by Gasteiger charge is 2.25. The van der Waals surface area contributed by atoms with Gasteiger partial charge < -0.3 is 29.4 Å². The van der Waals surface area contributed by atoms with Crippen molar-refractivity contribution in [2.45, 2.75) is 0 Å². The summed E-state index contributed by atoms with van der Waals surface area (Å²) in [5.41, 5.74) is 6.43. The van der Waals surface area contributed by atoms with Crippen molar-refractivity contribution in [2.75, 3.05) is 27.9 Å². The highest BCUT2D eigenvalue weighted by Crippen LogP contribution is 2.39. The lowest BCUT2D eigenvalue weighted by atomic mass is 10.1. The number of cyclic esters (lactones) is 1. The lowest BCUT2D eigenvalue weighted by Gasteiger charge is -2.14. The summed E-state index contributed by atoms with van der Waals surface area (Å²) < 4.78 is 26.4. The Hall–Kier alpha value is -4.01. The second-order valence-electron chi connectivity index (χ2n) is 6.07. The van der Waals surface area contributed by atoms with Gasteiger partial charge in [-0.05, 0) is 48.0 Å². The molecule has 156 valence electrons. The Balaban J connectivity index is 1.93. The van der Waals surface area contributed by atoms with Gasteiger partial charge >= 0.3 is 5.97 Å². The van der Waals surface area contributed by atoms with Crippen molar-refractivity contribution < 1.29 is 33.3 Å². The first-order valence-corrected chi connectivity index (χ1v) is 8.79. The van der Waals surface area contributed by atoms with Crippen LogP contribution in [0.5, 0.6) is 23.0 Å². The number of methoxy groups -OCH3 is 3. The largest absolute Gasteiger partial charge is 0.497 e. The minimum atomic E-state index is -0.639. The molecule has 2 aromatic carbocycles. The molecule has 30 heavy (non-hydrogen) atoms. The number of hydrogen-bond donors (Lipinski definition) is 1. The van der Waals surface area contributed by atoms with Crippen molar-refractivity contribution in [3.8, 4) is 23.0 Å². The average molecular weight is 412 g/mol. The highest BCUT2D eigenvalue weighted by atomic mass is 16.6. The van der Waals surface area contributed by atoms with Crippen LogP contribution in [0.15, 0.2) is 47.1 Å². The van der Waals surface area contributed by atoms with Crippen LogP contribution >= 0.6 is 0 Å². The highest BCUT2D eigenvalue weighted by molar-refractivity contribution is 6.12. The normalized spacial score (nSPS) is 14.2. The fraction of sp³-hybridized carbons (Fsp3) is 0.190. The predicted molar refractivity (Wildman–Crippen MR) is 108 cm³/mol. The summed E-state index contributed by atoms with van der Waals surface area (Å²) in [4.78, 5) is 27.6. The maximum Gasteiger partial charge on any atom is 0.363 e. The van der Waals surface area contributed by atoms with Gasteiger partial charge in [0.25, 0.3) is 5.91 Å². The van der Waals surface area contributed by atoms with Gasteiger partial charge in [-0.1, -0.05) is 0 Å². The van der Waals surface area contributed by atoms with Crippen LogP contribution in [-0.4, -0.2) is 45.7 Å². The van der Waals surface area contributed by atoms with E-state index in [-0.39, 0.29) is 24.0 Å². The van der Waals surface area contributed by atoms with Crippen molar-refractivity contribution in [1.29, 1.82) is 0 Å². The first-order valence-electron chi connectivity index (χ1n) is 8.79. The third-order valence-electron chi connectivity index (χ3n) is 4.10. The SMILES string of the molecule is COc1ccc(C2=NC(=Cc3cc(OC)c(OCC(N)=O)c(OC)c3)C(=O)O2)cc1. The van der Waals surface area contributed by atoms with Gasteiger partial charge in [0, 0.05) is 5.56 Å². The van der Waals surface area contributed by atoms with E-state index < -0.39 is 11.9 Å². The van der Waals surface area contributed by atoms with Crippen LogP contribution in [0.3, 0.4) is 0 Å². The van der Waals surface area contributed by atoms with Crippen molar-refractivity contribution >= 4 is 23.9 Å². The van der Waals surface area contributed by atoms with Crippen LogP contribution in [0.4, 0.5) is 0 Å². The molecule has 1 aliphatic heterocycles. The number of esters is 1. The van der Waals surface area contributed by atoms with Crippen molar-refractivity contribution in [1.82, 2.24) is 0 Å². The van der Waals surface area contributed by atoms with Crippen molar-refractivity contribution in [3.05, 3.63) is 53.2 Å². The van der Waals surface area contributed by atoms with E-state index in [1.165, 1.54) is 20.3 Å². The number of nitrogens with two attached hydrogens (primary N) is 1. The van der Waals surface area contributed by atoms with Gasteiger partial charge in [0.1, 0.15) is 5.75 Å². The number of nitrogens with zero attached hydrogens (tertiary/aromatic N) is 1. The molecule has 0 saturated carbocycles. The van der Waals surface area contributed by atoms with E-state index in [2.05, 4.69) is 4.99 Å². The zero-order chi connectivity index (χ0) is 21.7. The third-order valence-corrected chi connectivity index (χ3v) is 4.10. The number of hydrogen-bond acceptors (Lipinski definition) is 8. The molecular weight excluding hydrogens is 392 g/mol. The maximum absolute atomic E-state index is 12.3. The second kappa shape index (κ2) is 8.99. The number of carbonyl (C=O) groups is 2. The predicted octanol–water partition coefficient (Wildman–Crippen LogP) is 1.92. The number of carbonyl (C=O) groups excluding carboxylic acids is 2. The fourth-order valence-corrected chi connectivity index (χ4v) is 2.69. The molecule has 0 aliphatic carbocycles. The number of aliphatic imine (C=N–C) groups is 1. The molecule has 0 atom stereocenters. The maximum atomic E-state index is 12.3. The zero-order valence-corrected chi connectivity index (χ0v) is 16.6. The quantitative estimate of drug-likeness (QED) is 0.520. The van der Waals surface area contributed by atoms with E-state index in [1.807, 2.05) is 0 Å². The van der Waals surface area contributed by atoms with E-state index in [1.54, 1.807) is 43.5 Å². The Morgan fingerprint density at radius 2 is 1.70 bits per heavy atom. The van der Waals surface area contributed by atoms with Crippen LogP contribution in [0.25, 0.3) is 6.08 Å². The summed E-state index contributed by atoms with van der Waals surface area (Å²) in [6.45, 7) is -0.338. The molecule has 0 aromatic heterocycles. The van der Waals surface area contributed by atoms with Crippen LogP contribution in [0, 0.1) is 0 Å². The van der Waals surface area contributed by atoms with Gasteiger partial charge in [-0.15, -0.1) is 0 Å². The van der Waals surface area contributed by atoms with Crippen LogP contribution in [0.2, 0.25) is 0 Å². The van der Waals surface area contributed by atoms with E-state index in [0.717, 1.165) is 0 Å². The average Bonchev–Trinajstić information content (AvgIpc) is 3.12. The Bertz CT molecular complexity index is 1000. The smallest absolute Gasteiger partial charge is 0.363 e. The van der Waals surface area contributed by atoms with Gasteiger partial charge in [-0.3, -0.25) is 4.79 Å². The fourth-order valence-electron chi connectivity index (χ4n) is 2.69. The van der Waals surface area contributed by atoms with Crippen LogP contribution in [-0.2, 0) is 14.3 Å². The Morgan fingerprint density at radius 1 is 1.07 bits per heavy atom. The Kier molecular flexibility index (Phi) is 6.21. The number of rotatable bonds is 8. The molecule has 3 rings (SSSR count). The molecule has 0 saturated heterocycles. The van der Waals surface area contributed by atoms with Crippen molar-refractivity contribution in [2.24, 2.45) is 10.7 Å². The second-order valence-corrected chi connectivity index (χ2v) is 6.07. The molecule has 0 radical (unpaired) electrons. The summed E-state index contributed by atoms with van der Waals surface area (Å²) in [6, 6.07) is 10.2. The molecular formula is C21H20N2O7. The molecule has 2 N–H and O–H groups in total. The van der Waals surface area contributed by atoms with E-state index in [9.17, 15) is 9.59 Å². The van der Waals surface area contributed by atoms with Gasteiger partial charge in [0.2, 0.25) is 11.6 Å².